The molecule has 4 fully saturated rings. The van der Waals surface area contributed by atoms with E-state index in [9.17, 15) is 20.1 Å². The Hall–Kier alpha value is 1.03. The molecule has 0 unspecified atom stereocenters. The first-order chi connectivity index (χ1) is 13.2. The van der Waals surface area contributed by atoms with E-state index in [1.54, 1.807) is 0 Å². The van der Waals surface area contributed by atoms with Gasteiger partial charge >= 0.3 is 51.4 Å². The first kappa shape index (κ1) is 24.7. The van der Waals surface area contributed by atoms with Crippen LogP contribution >= 0.6 is 0 Å². The number of aliphatic hydroxyl groups excluding tert-OH is 2. The monoisotopic (exact) mass is 430 g/mol. The number of aliphatic hydroxyl groups is 2. The summed E-state index contributed by atoms with van der Waals surface area (Å²) in [5, 5.41) is 32.4. The van der Waals surface area contributed by atoms with Crippen molar-refractivity contribution in [2.75, 3.05) is 0 Å². The van der Waals surface area contributed by atoms with Gasteiger partial charge in [0.05, 0.1) is 12.2 Å². The van der Waals surface area contributed by atoms with Crippen LogP contribution < -0.4 is 56.5 Å². The van der Waals surface area contributed by atoms with Crippen molar-refractivity contribution in [1.82, 2.24) is 0 Å². The maximum atomic E-state index is 11.2. The molecule has 0 radical (unpaired) electrons. The second-order valence-corrected chi connectivity index (χ2v) is 11.3. The van der Waals surface area contributed by atoms with Crippen molar-refractivity contribution < 1.29 is 71.5 Å². The van der Waals surface area contributed by atoms with Crippen molar-refractivity contribution in [2.24, 2.45) is 46.3 Å². The van der Waals surface area contributed by atoms with Gasteiger partial charge in [0.2, 0.25) is 0 Å². The van der Waals surface area contributed by atoms with Gasteiger partial charge in [-0.05, 0) is 111 Å². The van der Waals surface area contributed by atoms with Crippen LogP contribution in [-0.4, -0.2) is 28.4 Å². The van der Waals surface area contributed by atoms with Crippen LogP contribution in [0.3, 0.4) is 0 Å². The molecule has 0 aromatic rings. The van der Waals surface area contributed by atoms with E-state index in [1.165, 1.54) is 25.7 Å². The van der Waals surface area contributed by atoms with Crippen molar-refractivity contribution in [1.29, 1.82) is 0 Å². The molecule has 0 bridgehead atoms. The Morgan fingerprint density at radius 3 is 2.38 bits per heavy atom. The molecule has 2 N–H and O–H groups in total. The zero-order valence-electron chi connectivity index (χ0n) is 18.9. The summed E-state index contributed by atoms with van der Waals surface area (Å²) in [7, 11) is 0. The molecule has 4 saturated carbocycles. The Morgan fingerprint density at radius 1 is 1.03 bits per heavy atom. The minimum Gasteiger partial charge on any atom is -0.550 e. The molecule has 0 saturated heterocycles. The second-order valence-electron chi connectivity index (χ2n) is 11.3. The number of carboxylic acids is 1. The van der Waals surface area contributed by atoms with Crippen molar-refractivity contribution in [3.05, 3.63) is 0 Å². The Kier molecular flexibility index (Phi) is 7.75. The van der Waals surface area contributed by atoms with Crippen LogP contribution in [0.1, 0.15) is 85.0 Å². The minimum atomic E-state index is -0.934. The molecule has 0 aromatic carbocycles. The van der Waals surface area contributed by atoms with Crippen LogP contribution in [0.4, 0.5) is 0 Å². The molecule has 160 valence electrons. The largest absolute Gasteiger partial charge is 1.00 e. The number of aliphatic carboxylic acids is 1. The molecule has 0 amide bonds. The van der Waals surface area contributed by atoms with Gasteiger partial charge in [-0.15, -0.1) is 0 Å². The van der Waals surface area contributed by atoms with Crippen LogP contribution in [-0.2, 0) is 4.79 Å². The number of fused-ring (bicyclic) bond motifs is 5. The summed E-state index contributed by atoms with van der Waals surface area (Å²) in [5.74, 6) is 1.99. The van der Waals surface area contributed by atoms with E-state index in [4.69, 9.17) is 0 Å². The van der Waals surface area contributed by atoms with Crippen LogP contribution in [0.2, 0.25) is 0 Å². The van der Waals surface area contributed by atoms with Gasteiger partial charge in [0.15, 0.2) is 0 Å². The van der Waals surface area contributed by atoms with Crippen LogP contribution in [0, 0.1) is 46.3 Å². The van der Waals surface area contributed by atoms with E-state index < -0.39 is 5.97 Å². The zero-order chi connectivity index (χ0) is 20.3. The average molecular weight is 431 g/mol. The van der Waals surface area contributed by atoms with Crippen molar-refractivity contribution in [3.8, 4) is 0 Å². The van der Waals surface area contributed by atoms with E-state index in [0.29, 0.717) is 41.9 Å². The molecule has 5 heteroatoms. The van der Waals surface area contributed by atoms with Crippen LogP contribution in [0.25, 0.3) is 0 Å². The number of carboxylic acid groups (broad SMARTS) is 1. The molecule has 4 aliphatic carbocycles. The van der Waals surface area contributed by atoms with Gasteiger partial charge in [-0.25, -0.2) is 0 Å². The fraction of sp³-hybridized carbons (Fsp3) is 0.958. The smallest absolute Gasteiger partial charge is 0.550 e. The number of hydrogen-bond acceptors (Lipinski definition) is 4. The molecule has 4 nitrogen and oxygen atoms in total. The van der Waals surface area contributed by atoms with Crippen LogP contribution in [0.15, 0.2) is 0 Å². The van der Waals surface area contributed by atoms with E-state index in [0.717, 1.165) is 25.7 Å². The van der Waals surface area contributed by atoms with E-state index in [-0.39, 0.29) is 80.8 Å². The van der Waals surface area contributed by atoms with Gasteiger partial charge in [-0.3, -0.25) is 0 Å². The van der Waals surface area contributed by atoms with E-state index in [1.807, 2.05) is 0 Å². The summed E-state index contributed by atoms with van der Waals surface area (Å²) < 4.78 is 0. The topological polar surface area (TPSA) is 80.6 Å². The summed E-state index contributed by atoms with van der Waals surface area (Å²) in [6.07, 6.45) is 8.91. The average Bonchev–Trinajstić information content (AvgIpc) is 2.98. The number of hydrogen-bond donors (Lipinski definition) is 2. The molecule has 10 atom stereocenters. The number of carbonyl (C=O) groups excluding carboxylic acids is 1. The second kappa shape index (κ2) is 9.11. The molecule has 0 aromatic heterocycles. The van der Waals surface area contributed by atoms with Crippen molar-refractivity contribution in [2.45, 2.75) is 97.2 Å². The summed E-state index contributed by atoms with van der Waals surface area (Å²) in [4.78, 5) is 10.9. The molecular weight excluding hydrogens is 391 g/mol. The van der Waals surface area contributed by atoms with Gasteiger partial charge in [0.1, 0.15) is 0 Å². The van der Waals surface area contributed by atoms with Crippen molar-refractivity contribution >= 4 is 5.97 Å². The Morgan fingerprint density at radius 2 is 1.69 bits per heavy atom. The van der Waals surface area contributed by atoms with Gasteiger partial charge in [0, 0.05) is 5.97 Å². The molecule has 4 aliphatic rings. The maximum Gasteiger partial charge on any atom is 1.00 e. The third kappa shape index (κ3) is 4.20. The van der Waals surface area contributed by atoms with Gasteiger partial charge in [0.25, 0.3) is 0 Å². The Balaban J connectivity index is 0.00000240. The molecular formula is C24H39KO4. The predicted octanol–water partition coefficient (Wildman–Crippen LogP) is 0.147. The standard InChI is InChI=1S/C24H40O4.K/c1-14(4-7-21(27)28)17-5-6-18-22-19(9-11-24(17,18)3)23(2)10-8-16(25)12-15(23)13-20(22)26;/h14-20,22,25-26H,4-13H2,1-3H3,(H,27,28);/q;+1/p-1/t14-,15+,16-,17-,18+,19+,20+,22+,23+,24-;/m1./s1. The molecule has 4 rings (SSSR count). The Labute approximate surface area is 219 Å². The zero-order valence-corrected chi connectivity index (χ0v) is 22.0. The van der Waals surface area contributed by atoms with E-state index >= 15 is 0 Å². The number of rotatable bonds is 4. The van der Waals surface area contributed by atoms with Gasteiger partial charge < -0.3 is 20.1 Å². The number of carbonyl (C=O) groups is 1. The minimum absolute atomic E-state index is 0. The summed E-state index contributed by atoms with van der Waals surface area (Å²) in [6.45, 7) is 7.11. The fourth-order valence-electron chi connectivity index (χ4n) is 8.72. The first-order valence-electron chi connectivity index (χ1n) is 11.7. The molecule has 29 heavy (non-hydrogen) atoms. The van der Waals surface area contributed by atoms with Crippen molar-refractivity contribution in [3.63, 3.8) is 0 Å². The summed E-state index contributed by atoms with van der Waals surface area (Å²) in [6, 6.07) is 0. The fourth-order valence-corrected chi connectivity index (χ4v) is 8.72. The summed E-state index contributed by atoms with van der Waals surface area (Å²) in [5.41, 5.74) is 0.494. The third-order valence-corrected chi connectivity index (χ3v) is 10.2. The molecule has 0 heterocycles. The quantitative estimate of drug-likeness (QED) is 0.622. The van der Waals surface area contributed by atoms with E-state index in [2.05, 4.69) is 20.8 Å². The van der Waals surface area contributed by atoms with Gasteiger partial charge in [-0.2, -0.15) is 0 Å². The van der Waals surface area contributed by atoms with Crippen LogP contribution in [0.5, 0.6) is 0 Å². The molecule has 0 spiro atoms. The van der Waals surface area contributed by atoms with Gasteiger partial charge in [-0.1, -0.05) is 20.8 Å². The normalized spacial score (nSPS) is 49.9. The SMILES string of the molecule is C[C@H](CCC(=O)[O-])[C@H]1CC[C@H]2[C@@H]3[C@@H](O)C[C@@H]4C[C@H](O)CC[C@]4(C)[C@H]3CC[C@]12C.[K+]. The third-order valence-electron chi connectivity index (χ3n) is 10.2. The summed E-state index contributed by atoms with van der Waals surface area (Å²) >= 11 is 0. The predicted molar refractivity (Wildman–Crippen MR) is 106 cm³/mol. The first-order valence-corrected chi connectivity index (χ1v) is 11.7. The maximum absolute atomic E-state index is 11.2. The Bertz CT molecular complexity index is 612. The molecule has 0 aliphatic heterocycles.